The normalized spacial score (nSPS) is 12.8. The summed E-state index contributed by atoms with van der Waals surface area (Å²) in [6, 6.07) is 0. The molecule has 2 heterocycles. The second-order valence-corrected chi connectivity index (χ2v) is 8.05. The van der Waals surface area contributed by atoms with Gasteiger partial charge < -0.3 is 9.87 Å². The molecule has 2 rings (SSSR count). The number of aromatic nitrogens is 3. The highest BCUT2D eigenvalue weighted by Gasteiger charge is 2.25. The van der Waals surface area contributed by atoms with Crippen molar-refractivity contribution < 1.29 is 4.55 Å². The number of anilines is 2. The molecule has 5 nitrogen and oxygen atoms in total. The smallest absolute Gasteiger partial charge is 0.280 e. The van der Waals surface area contributed by atoms with E-state index in [2.05, 4.69) is 20.3 Å². The largest absolute Gasteiger partial charge is 0.610 e. The van der Waals surface area contributed by atoms with Crippen molar-refractivity contribution in [1.82, 2.24) is 15.0 Å². The Morgan fingerprint density at radius 3 is 2.70 bits per heavy atom. The zero-order valence-electron chi connectivity index (χ0n) is 11.0. The number of aryl methyl sites for hydroxylation is 1. The summed E-state index contributed by atoms with van der Waals surface area (Å²) >= 11 is 12.0. The van der Waals surface area contributed by atoms with Crippen molar-refractivity contribution in [3.8, 4) is 0 Å². The summed E-state index contributed by atoms with van der Waals surface area (Å²) < 4.78 is 12.2. The van der Waals surface area contributed by atoms with Crippen molar-refractivity contribution in [2.45, 2.75) is 31.0 Å². The van der Waals surface area contributed by atoms with Crippen LogP contribution < -0.4 is 5.32 Å². The lowest BCUT2D eigenvalue weighted by Crippen LogP contribution is -2.15. The van der Waals surface area contributed by atoms with Gasteiger partial charge in [0.1, 0.15) is 10.3 Å². The van der Waals surface area contributed by atoms with E-state index in [0.29, 0.717) is 20.9 Å². The zero-order chi connectivity index (χ0) is 14.9. The Balaban J connectivity index is 2.36. The van der Waals surface area contributed by atoms with E-state index in [9.17, 15) is 4.55 Å². The van der Waals surface area contributed by atoms with Gasteiger partial charge in [0, 0.05) is 11.2 Å². The first kappa shape index (κ1) is 15.8. The minimum Gasteiger partial charge on any atom is -0.610 e. The van der Waals surface area contributed by atoms with E-state index in [1.54, 1.807) is 0 Å². The monoisotopic (exact) mass is 350 g/mol. The van der Waals surface area contributed by atoms with Crippen LogP contribution in [-0.2, 0) is 11.2 Å². The highest BCUT2D eigenvalue weighted by Crippen LogP contribution is 2.34. The Labute approximate surface area is 133 Å². The number of hydrogen-bond acceptors (Lipinski definition) is 6. The molecule has 0 saturated heterocycles. The van der Waals surface area contributed by atoms with Crippen LogP contribution in [0.15, 0.2) is 11.2 Å². The lowest BCUT2D eigenvalue weighted by Gasteiger charge is -2.13. The summed E-state index contributed by atoms with van der Waals surface area (Å²) in [5.41, 5.74) is 0. The van der Waals surface area contributed by atoms with Crippen molar-refractivity contribution in [2.24, 2.45) is 0 Å². The van der Waals surface area contributed by atoms with Crippen LogP contribution in [0.5, 0.6) is 0 Å². The molecule has 20 heavy (non-hydrogen) atoms. The predicted molar refractivity (Wildman–Crippen MR) is 83.7 cm³/mol. The van der Waals surface area contributed by atoms with Crippen LogP contribution in [0.4, 0.5) is 10.8 Å². The molecule has 0 aliphatic carbocycles. The van der Waals surface area contributed by atoms with Crippen LogP contribution in [0, 0.1) is 6.92 Å². The molecule has 0 bridgehead atoms. The quantitative estimate of drug-likeness (QED) is 0.670. The fourth-order valence-corrected chi connectivity index (χ4v) is 3.71. The van der Waals surface area contributed by atoms with Gasteiger partial charge in [-0.2, -0.15) is 9.97 Å². The average molecular weight is 351 g/mol. The summed E-state index contributed by atoms with van der Waals surface area (Å²) in [5, 5.41) is 5.41. The molecule has 0 fully saturated rings. The van der Waals surface area contributed by atoms with E-state index in [1.807, 2.05) is 20.8 Å². The average Bonchev–Trinajstić information content (AvgIpc) is 2.73. The maximum atomic E-state index is 12.2. The fourth-order valence-electron chi connectivity index (χ4n) is 1.39. The van der Waals surface area contributed by atoms with Gasteiger partial charge >= 0.3 is 0 Å². The maximum absolute atomic E-state index is 12.2. The molecule has 0 spiro atoms. The molecule has 1 unspecified atom stereocenters. The Bertz CT molecular complexity index is 620. The standard InChI is InChI=1S/C11H12Cl2N4OS2/c1-5(2)20(18)10-9(19-6(3)15-10)16-8-7(12)4-14-11(13)17-8/h4-5H,1-3H3,(H,14,16,17). The molecule has 0 aliphatic rings. The van der Waals surface area contributed by atoms with Crippen LogP contribution >= 0.6 is 34.5 Å². The molecule has 2 aromatic rings. The van der Waals surface area contributed by atoms with Crippen molar-refractivity contribution in [3.63, 3.8) is 0 Å². The summed E-state index contributed by atoms with van der Waals surface area (Å²) in [6.45, 7) is 5.61. The fraction of sp³-hybridized carbons (Fsp3) is 0.364. The van der Waals surface area contributed by atoms with Crippen LogP contribution in [0.1, 0.15) is 18.9 Å². The molecule has 108 valence electrons. The van der Waals surface area contributed by atoms with Gasteiger partial charge in [-0.05, 0) is 32.4 Å². The van der Waals surface area contributed by atoms with E-state index in [4.69, 9.17) is 23.2 Å². The highest BCUT2D eigenvalue weighted by atomic mass is 35.5. The number of nitrogens with one attached hydrogen (secondary N) is 1. The number of nitrogens with zero attached hydrogens (tertiary/aromatic N) is 3. The summed E-state index contributed by atoms with van der Waals surface area (Å²) in [5.74, 6) is 0.373. The molecule has 0 radical (unpaired) electrons. The van der Waals surface area contributed by atoms with Crippen LogP contribution in [0.2, 0.25) is 10.3 Å². The van der Waals surface area contributed by atoms with Crippen molar-refractivity contribution in [3.05, 3.63) is 21.5 Å². The van der Waals surface area contributed by atoms with E-state index in [-0.39, 0.29) is 10.5 Å². The van der Waals surface area contributed by atoms with E-state index >= 15 is 0 Å². The first-order valence-corrected chi connectivity index (χ1v) is 8.50. The van der Waals surface area contributed by atoms with Crippen LogP contribution in [0.25, 0.3) is 0 Å². The molecule has 0 amide bonds. The lowest BCUT2D eigenvalue weighted by atomic mass is 10.5. The van der Waals surface area contributed by atoms with Gasteiger partial charge in [0.25, 0.3) is 5.03 Å². The Kier molecular flexibility index (Phi) is 5.09. The third-order valence-electron chi connectivity index (χ3n) is 2.27. The first-order valence-electron chi connectivity index (χ1n) is 5.71. The van der Waals surface area contributed by atoms with Gasteiger partial charge in [-0.1, -0.05) is 22.9 Å². The number of halogens is 2. The molecule has 1 N–H and O–H groups in total. The Hall–Kier alpha value is -0.600. The SMILES string of the molecule is Cc1nc([S+]([O-])C(C)C)c(Nc2nc(Cl)ncc2Cl)s1. The number of hydrogen-bond donors (Lipinski definition) is 1. The van der Waals surface area contributed by atoms with Gasteiger partial charge in [0.2, 0.25) is 5.28 Å². The first-order chi connectivity index (χ1) is 9.38. The lowest BCUT2D eigenvalue weighted by molar-refractivity contribution is 0.583. The van der Waals surface area contributed by atoms with Crippen LogP contribution in [0.3, 0.4) is 0 Å². The molecule has 9 heteroatoms. The van der Waals surface area contributed by atoms with E-state index in [1.165, 1.54) is 17.5 Å². The van der Waals surface area contributed by atoms with Gasteiger partial charge in [-0.25, -0.2) is 4.98 Å². The van der Waals surface area contributed by atoms with Crippen molar-refractivity contribution in [1.29, 1.82) is 0 Å². The molecule has 0 aromatic carbocycles. The topological polar surface area (TPSA) is 73.8 Å². The highest BCUT2D eigenvalue weighted by molar-refractivity contribution is 7.92. The maximum Gasteiger partial charge on any atom is 0.280 e. The van der Waals surface area contributed by atoms with Gasteiger partial charge in [0.15, 0.2) is 10.8 Å². The van der Waals surface area contributed by atoms with Gasteiger partial charge in [-0.15, -0.1) is 0 Å². The molecular formula is C11H12Cl2N4OS2. The van der Waals surface area contributed by atoms with Gasteiger partial charge in [0.05, 0.1) is 11.2 Å². The van der Waals surface area contributed by atoms with Crippen LogP contribution in [-0.4, -0.2) is 24.8 Å². The minimum absolute atomic E-state index is 0.0264. The Morgan fingerprint density at radius 1 is 1.35 bits per heavy atom. The number of rotatable bonds is 4. The second-order valence-electron chi connectivity index (χ2n) is 4.17. The minimum atomic E-state index is -1.19. The van der Waals surface area contributed by atoms with E-state index < -0.39 is 11.2 Å². The molecule has 0 aliphatic heterocycles. The Morgan fingerprint density at radius 2 is 2.05 bits per heavy atom. The summed E-state index contributed by atoms with van der Waals surface area (Å²) in [6.07, 6.45) is 1.41. The second kappa shape index (κ2) is 6.44. The molecule has 1 atom stereocenters. The van der Waals surface area contributed by atoms with Crippen molar-refractivity contribution in [2.75, 3.05) is 5.32 Å². The summed E-state index contributed by atoms with van der Waals surface area (Å²) in [4.78, 5) is 12.1. The number of thiazole rings is 1. The molecular weight excluding hydrogens is 339 g/mol. The third-order valence-corrected chi connectivity index (χ3v) is 5.28. The van der Waals surface area contributed by atoms with E-state index in [0.717, 1.165) is 5.01 Å². The van der Waals surface area contributed by atoms with Gasteiger partial charge in [-0.3, -0.25) is 0 Å². The summed E-state index contributed by atoms with van der Waals surface area (Å²) in [7, 11) is 0. The van der Waals surface area contributed by atoms with Crippen molar-refractivity contribution >= 4 is 56.5 Å². The molecule has 0 saturated carbocycles. The molecule has 2 aromatic heterocycles. The zero-order valence-corrected chi connectivity index (χ0v) is 14.1. The third kappa shape index (κ3) is 3.53. The predicted octanol–water partition coefficient (Wildman–Crippen LogP) is 3.81.